The van der Waals surface area contributed by atoms with Crippen molar-refractivity contribution in [2.24, 2.45) is 7.05 Å². The number of hydrogen-bond donors (Lipinski definition) is 1. The fraction of sp³-hybridized carbons (Fsp3) is 0.500. The SMILES string of the molecule is COCCOCCNC(c1ccco1)c1nccn1C. The Hall–Kier alpha value is -1.63. The molecule has 0 aliphatic rings. The summed E-state index contributed by atoms with van der Waals surface area (Å²) in [6, 6.07) is 3.75. The molecule has 0 bridgehead atoms. The number of rotatable bonds is 9. The molecule has 1 unspecified atom stereocenters. The van der Waals surface area contributed by atoms with E-state index in [0.29, 0.717) is 26.4 Å². The number of aromatic nitrogens is 2. The Labute approximate surface area is 118 Å². The van der Waals surface area contributed by atoms with Crippen molar-refractivity contribution >= 4 is 0 Å². The number of nitrogens with zero attached hydrogens (tertiary/aromatic N) is 2. The summed E-state index contributed by atoms with van der Waals surface area (Å²) in [4.78, 5) is 4.38. The van der Waals surface area contributed by atoms with Gasteiger partial charge < -0.3 is 18.5 Å². The molecule has 0 saturated carbocycles. The molecular weight excluding hydrogens is 258 g/mol. The van der Waals surface area contributed by atoms with Gasteiger partial charge in [-0.3, -0.25) is 5.32 Å². The first-order chi connectivity index (χ1) is 9.83. The maximum atomic E-state index is 5.49. The second-order valence-electron chi connectivity index (χ2n) is 4.40. The first-order valence-corrected chi connectivity index (χ1v) is 6.63. The number of furan rings is 1. The standard InChI is InChI=1S/C14H21N3O3/c1-17-7-5-16-14(17)13(12-4-3-8-20-12)15-6-9-19-11-10-18-2/h3-5,7-8,13,15H,6,9-11H2,1-2H3. The van der Waals surface area contributed by atoms with Crippen LogP contribution in [-0.4, -0.2) is 43.0 Å². The molecule has 2 aromatic rings. The van der Waals surface area contributed by atoms with Crippen molar-refractivity contribution < 1.29 is 13.9 Å². The van der Waals surface area contributed by atoms with E-state index in [1.54, 1.807) is 19.6 Å². The number of nitrogens with one attached hydrogen (secondary N) is 1. The fourth-order valence-electron chi connectivity index (χ4n) is 1.95. The van der Waals surface area contributed by atoms with Crippen molar-refractivity contribution in [3.05, 3.63) is 42.4 Å². The molecular formula is C14H21N3O3. The molecule has 0 saturated heterocycles. The van der Waals surface area contributed by atoms with Crippen LogP contribution < -0.4 is 5.32 Å². The Morgan fingerprint density at radius 3 is 2.95 bits per heavy atom. The van der Waals surface area contributed by atoms with Crippen LogP contribution in [0.15, 0.2) is 35.2 Å². The second-order valence-corrected chi connectivity index (χ2v) is 4.40. The number of aryl methyl sites for hydroxylation is 1. The maximum Gasteiger partial charge on any atom is 0.133 e. The third-order valence-electron chi connectivity index (χ3n) is 2.97. The van der Waals surface area contributed by atoms with Gasteiger partial charge in [-0.2, -0.15) is 0 Å². The van der Waals surface area contributed by atoms with Crippen molar-refractivity contribution in [1.82, 2.24) is 14.9 Å². The third-order valence-corrected chi connectivity index (χ3v) is 2.97. The summed E-state index contributed by atoms with van der Waals surface area (Å²) in [6.45, 7) is 2.54. The minimum atomic E-state index is -0.0731. The van der Waals surface area contributed by atoms with E-state index in [9.17, 15) is 0 Å². The Bertz CT molecular complexity index is 482. The fourth-order valence-corrected chi connectivity index (χ4v) is 1.95. The van der Waals surface area contributed by atoms with Crippen molar-refractivity contribution in [2.75, 3.05) is 33.5 Å². The van der Waals surface area contributed by atoms with Gasteiger partial charge in [0.2, 0.25) is 0 Å². The molecule has 1 N–H and O–H groups in total. The summed E-state index contributed by atoms with van der Waals surface area (Å²) in [6.07, 6.45) is 5.37. The van der Waals surface area contributed by atoms with Gasteiger partial charge in [-0.15, -0.1) is 0 Å². The Kier molecular flexibility index (Phi) is 5.79. The van der Waals surface area contributed by atoms with E-state index in [1.807, 2.05) is 29.9 Å². The highest BCUT2D eigenvalue weighted by Crippen LogP contribution is 2.20. The highest BCUT2D eigenvalue weighted by molar-refractivity contribution is 5.15. The van der Waals surface area contributed by atoms with Crippen molar-refractivity contribution in [2.45, 2.75) is 6.04 Å². The zero-order chi connectivity index (χ0) is 14.2. The minimum absolute atomic E-state index is 0.0731. The number of ether oxygens (including phenoxy) is 2. The van der Waals surface area contributed by atoms with E-state index in [2.05, 4.69) is 10.3 Å². The summed E-state index contributed by atoms with van der Waals surface area (Å²) in [5.74, 6) is 1.76. The number of hydrogen-bond acceptors (Lipinski definition) is 5. The lowest BCUT2D eigenvalue weighted by molar-refractivity contribution is 0.0711. The van der Waals surface area contributed by atoms with Gasteiger partial charge in [0, 0.05) is 33.1 Å². The van der Waals surface area contributed by atoms with Crippen molar-refractivity contribution in [3.63, 3.8) is 0 Å². The topological polar surface area (TPSA) is 61.5 Å². The van der Waals surface area contributed by atoms with Gasteiger partial charge >= 0.3 is 0 Å². The van der Waals surface area contributed by atoms with Crippen LogP contribution in [0.5, 0.6) is 0 Å². The smallest absolute Gasteiger partial charge is 0.133 e. The Balaban J connectivity index is 1.90. The molecule has 6 heteroatoms. The Morgan fingerprint density at radius 2 is 2.30 bits per heavy atom. The van der Waals surface area contributed by atoms with E-state index in [1.165, 1.54) is 0 Å². The van der Waals surface area contributed by atoms with E-state index in [4.69, 9.17) is 13.9 Å². The summed E-state index contributed by atoms with van der Waals surface area (Å²) >= 11 is 0. The van der Waals surface area contributed by atoms with Gasteiger partial charge in [-0.05, 0) is 12.1 Å². The minimum Gasteiger partial charge on any atom is -0.467 e. The zero-order valence-corrected chi connectivity index (χ0v) is 11.9. The van der Waals surface area contributed by atoms with Gasteiger partial charge in [0.25, 0.3) is 0 Å². The van der Waals surface area contributed by atoms with Crippen LogP contribution in [0.25, 0.3) is 0 Å². The van der Waals surface area contributed by atoms with Gasteiger partial charge in [0.1, 0.15) is 17.6 Å². The average molecular weight is 279 g/mol. The summed E-state index contributed by atoms with van der Waals surface area (Å²) in [5, 5.41) is 3.40. The molecule has 0 fully saturated rings. The van der Waals surface area contributed by atoms with Crippen LogP contribution in [0.3, 0.4) is 0 Å². The van der Waals surface area contributed by atoms with Gasteiger partial charge in [-0.25, -0.2) is 4.98 Å². The van der Waals surface area contributed by atoms with Crippen LogP contribution >= 0.6 is 0 Å². The Morgan fingerprint density at radius 1 is 1.40 bits per heavy atom. The molecule has 2 rings (SSSR count). The molecule has 0 aromatic carbocycles. The molecule has 2 aromatic heterocycles. The zero-order valence-electron chi connectivity index (χ0n) is 11.9. The number of imidazole rings is 1. The molecule has 0 radical (unpaired) electrons. The van der Waals surface area contributed by atoms with Gasteiger partial charge in [0.05, 0.1) is 26.1 Å². The molecule has 6 nitrogen and oxygen atoms in total. The molecule has 0 spiro atoms. The third kappa shape index (κ3) is 3.93. The van der Waals surface area contributed by atoms with Crippen LogP contribution in [0, 0.1) is 0 Å². The summed E-state index contributed by atoms with van der Waals surface area (Å²) < 4.78 is 17.8. The highest BCUT2D eigenvalue weighted by Gasteiger charge is 2.19. The molecule has 0 amide bonds. The van der Waals surface area contributed by atoms with Crippen LogP contribution in [0.1, 0.15) is 17.6 Å². The van der Waals surface area contributed by atoms with Gasteiger partial charge in [-0.1, -0.05) is 0 Å². The van der Waals surface area contributed by atoms with Crippen LogP contribution in [0.4, 0.5) is 0 Å². The van der Waals surface area contributed by atoms with Crippen molar-refractivity contribution in [3.8, 4) is 0 Å². The second kappa shape index (κ2) is 7.84. The average Bonchev–Trinajstić information content (AvgIpc) is 3.10. The molecule has 110 valence electrons. The predicted molar refractivity (Wildman–Crippen MR) is 74.5 cm³/mol. The molecule has 20 heavy (non-hydrogen) atoms. The van der Waals surface area contributed by atoms with E-state index in [0.717, 1.165) is 11.6 Å². The number of methoxy groups -OCH3 is 1. The van der Waals surface area contributed by atoms with Crippen LogP contribution in [0.2, 0.25) is 0 Å². The maximum absolute atomic E-state index is 5.49. The predicted octanol–water partition coefficient (Wildman–Crippen LogP) is 1.36. The lowest BCUT2D eigenvalue weighted by Gasteiger charge is -2.16. The van der Waals surface area contributed by atoms with E-state index >= 15 is 0 Å². The molecule has 2 heterocycles. The lowest BCUT2D eigenvalue weighted by Crippen LogP contribution is -2.28. The first-order valence-electron chi connectivity index (χ1n) is 6.63. The van der Waals surface area contributed by atoms with Gasteiger partial charge in [0.15, 0.2) is 0 Å². The van der Waals surface area contributed by atoms with E-state index < -0.39 is 0 Å². The normalized spacial score (nSPS) is 12.7. The first kappa shape index (κ1) is 14.8. The lowest BCUT2D eigenvalue weighted by atomic mass is 10.2. The summed E-state index contributed by atoms with van der Waals surface area (Å²) in [7, 11) is 3.63. The molecule has 0 aliphatic carbocycles. The van der Waals surface area contributed by atoms with E-state index in [-0.39, 0.29) is 6.04 Å². The highest BCUT2D eigenvalue weighted by atomic mass is 16.5. The van der Waals surface area contributed by atoms with Crippen molar-refractivity contribution in [1.29, 1.82) is 0 Å². The largest absolute Gasteiger partial charge is 0.467 e. The molecule has 1 atom stereocenters. The molecule has 0 aliphatic heterocycles. The van der Waals surface area contributed by atoms with Crippen LogP contribution in [-0.2, 0) is 16.5 Å². The quantitative estimate of drug-likeness (QED) is 0.702. The summed E-state index contributed by atoms with van der Waals surface area (Å²) in [5.41, 5.74) is 0. The monoisotopic (exact) mass is 279 g/mol.